The van der Waals surface area contributed by atoms with Crippen molar-refractivity contribution < 1.29 is 47.9 Å². The molecule has 0 N–H and O–H groups in total. The lowest BCUT2D eigenvalue weighted by Gasteiger charge is -2.37. The highest BCUT2D eigenvalue weighted by Gasteiger charge is 2.47. The molecule has 15 heteroatoms. The lowest BCUT2D eigenvalue weighted by molar-refractivity contribution is -0.141. The van der Waals surface area contributed by atoms with Gasteiger partial charge in [-0.25, -0.2) is 16.8 Å². The van der Waals surface area contributed by atoms with Gasteiger partial charge in [0.15, 0.2) is 15.5 Å². The van der Waals surface area contributed by atoms with Crippen molar-refractivity contribution in [2.45, 2.75) is 54.4 Å². The molecule has 1 aliphatic heterocycles. The van der Waals surface area contributed by atoms with Crippen LogP contribution in [-0.2, 0) is 43.3 Å². The molecule has 0 saturated carbocycles. The number of rotatable bonds is 6. The Balaban J connectivity index is 2.00. The zero-order valence-corrected chi connectivity index (χ0v) is 20.2. The van der Waals surface area contributed by atoms with Crippen LogP contribution in [0.3, 0.4) is 0 Å². The van der Waals surface area contributed by atoms with Crippen LogP contribution in [0, 0.1) is 0 Å². The van der Waals surface area contributed by atoms with Crippen molar-refractivity contribution >= 4 is 19.7 Å². The molecule has 2 unspecified atom stereocenters. The van der Waals surface area contributed by atoms with Crippen LogP contribution in [0.1, 0.15) is 42.8 Å². The molecule has 2 heterocycles. The number of sulfone groups is 2. The average Bonchev–Trinajstić information content (AvgIpc) is 3.16. The molecular weight excluding hydrogens is 526 g/mol. The minimum Gasteiger partial charge on any atom is -0.372 e. The van der Waals surface area contributed by atoms with E-state index < -0.39 is 71.3 Å². The topological polar surface area (TPSA) is 95.3 Å². The SMILES string of the molecule is CC1(S(=O)(=O)c2cccc(C(F)(F)F)c2)CCOC(c2cc(C(F)(F)F)nn2CCS(C)(=O)=O)C1. The molecule has 0 amide bonds. The van der Waals surface area contributed by atoms with Gasteiger partial charge in [0.25, 0.3) is 0 Å². The van der Waals surface area contributed by atoms with Crippen molar-refractivity contribution in [2.75, 3.05) is 18.6 Å². The summed E-state index contributed by atoms with van der Waals surface area (Å²) in [5, 5.41) is 3.44. The van der Waals surface area contributed by atoms with E-state index in [2.05, 4.69) is 5.10 Å². The first-order valence-electron chi connectivity index (χ1n) is 10.2. The molecule has 1 aromatic heterocycles. The predicted octanol–water partition coefficient (Wildman–Crippen LogP) is 4.05. The third-order valence-electron chi connectivity index (χ3n) is 5.79. The fourth-order valence-electron chi connectivity index (χ4n) is 3.79. The first-order chi connectivity index (χ1) is 15.8. The summed E-state index contributed by atoms with van der Waals surface area (Å²) in [4.78, 5) is -0.572. The van der Waals surface area contributed by atoms with Crippen LogP contribution >= 0.6 is 0 Å². The molecule has 196 valence electrons. The maximum Gasteiger partial charge on any atom is 0.435 e. The standard InChI is InChI=1S/C20H22F6N2O5S2/c1-18(35(31,32)14-5-3-4-13(10-14)19(21,22)23)6-8-33-16(12-18)15-11-17(20(24,25)26)27-28(15)7-9-34(2,29)30/h3-5,10-11,16H,6-9,12H2,1-2H3. The Morgan fingerprint density at radius 3 is 2.31 bits per heavy atom. The van der Waals surface area contributed by atoms with Crippen molar-refractivity contribution in [2.24, 2.45) is 0 Å². The zero-order valence-electron chi connectivity index (χ0n) is 18.5. The number of hydrogen-bond acceptors (Lipinski definition) is 6. The molecule has 2 atom stereocenters. The van der Waals surface area contributed by atoms with Crippen LogP contribution in [0.5, 0.6) is 0 Å². The zero-order chi connectivity index (χ0) is 26.4. The van der Waals surface area contributed by atoms with E-state index in [1.807, 2.05) is 0 Å². The first-order valence-corrected chi connectivity index (χ1v) is 13.7. The van der Waals surface area contributed by atoms with E-state index in [9.17, 15) is 43.2 Å². The van der Waals surface area contributed by atoms with Crippen molar-refractivity contribution in [3.05, 3.63) is 47.3 Å². The summed E-state index contributed by atoms with van der Waals surface area (Å²) in [5.41, 5.74) is -2.64. The van der Waals surface area contributed by atoms with Gasteiger partial charge >= 0.3 is 12.4 Å². The van der Waals surface area contributed by atoms with Crippen molar-refractivity contribution in [1.82, 2.24) is 9.78 Å². The molecule has 1 saturated heterocycles. The second kappa shape index (κ2) is 9.07. The van der Waals surface area contributed by atoms with Gasteiger partial charge in [0.1, 0.15) is 15.9 Å². The van der Waals surface area contributed by atoms with Gasteiger partial charge < -0.3 is 4.74 Å². The van der Waals surface area contributed by atoms with E-state index in [1.54, 1.807) is 0 Å². The summed E-state index contributed by atoms with van der Waals surface area (Å²) in [6.45, 7) is 0.652. The molecule has 0 bridgehead atoms. The van der Waals surface area contributed by atoms with Gasteiger partial charge in [0, 0.05) is 12.9 Å². The Hall–Kier alpha value is -2.13. The Morgan fingerprint density at radius 2 is 1.74 bits per heavy atom. The fourth-order valence-corrected chi connectivity index (χ4v) is 6.12. The largest absolute Gasteiger partial charge is 0.435 e. The van der Waals surface area contributed by atoms with Crippen LogP contribution in [0.15, 0.2) is 35.2 Å². The summed E-state index contributed by atoms with van der Waals surface area (Å²) in [7, 11) is -7.95. The Labute approximate surface area is 197 Å². The van der Waals surface area contributed by atoms with Gasteiger partial charge in [0.05, 0.1) is 33.2 Å². The Bertz CT molecular complexity index is 1300. The minimum absolute atomic E-state index is 0.119. The number of hydrogen-bond donors (Lipinski definition) is 0. The number of benzene rings is 1. The number of nitrogens with zero attached hydrogens (tertiary/aromatic N) is 2. The predicted molar refractivity (Wildman–Crippen MR) is 112 cm³/mol. The van der Waals surface area contributed by atoms with Crippen LogP contribution < -0.4 is 0 Å². The van der Waals surface area contributed by atoms with Crippen LogP contribution in [0.25, 0.3) is 0 Å². The van der Waals surface area contributed by atoms with Gasteiger partial charge in [-0.15, -0.1) is 0 Å². The number of alkyl halides is 6. The van der Waals surface area contributed by atoms with Crippen molar-refractivity contribution in [3.63, 3.8) is 0 Å². The van der Waals surface area contributed by atoms with Crippen molar-refractivity contribution in [1.29, 1.82) is 0 Å². The number of halogens is 6. The molecule has 3 rings (SSSR count). The maximum absolute atomic E-state index is 13.4. The van der Waals surface area contributed by atoms with Gasteiger partial charge in [-0.3, -0.25) is 4.68 Å². The summed E-state index contributed by atoms with van der Waals surface area (Å²) in [5.74, 6) is -0.522. The normalized spacial score (nSPS) is 22.3. The number of aryl methyl sites for hydroxylation is 1. The monoisotopic (exact) mass is 548 g/mol. The number of aromatic nitrogens is 2. The van der Waals surface area contributed by atoms with E-state index in [1.165, 1.54) is 6.92 Å². The third-order valence-corrected chi connectivity index (χ3v) is 9.26. The van der Waals surface area contributed by atoms with E-state index in [0.717, 1.165) is 29.1 Å². The molecule has 1 fully saturated rings. The van der Waals surface area contributed by atoms with Gasteiger partial charge in [-0.05, 0) is 44.0 Å². The summed E-state index contributed by atoms with van der Waals surface area (Å²) in [6.07, 6.45) is -10.5. The van der Waals surface area contributed by atoms with Crippen LogP contribution in [0.2, 0.25) is 0 Å². The van der Waals surface area contributed by atoms with E-state index >= 15 is 0 Å². The molecule has 1 aliphatic rings. The second-order valence-electron chi connectivity index (χ2n) is 8.60. The maximum atomic E-state index is 13.4. The minimum atomic E-state index is -4.85. The third kappa shape index (κ3) is 6.00. The Morgan fingerprint density at radius 1 is 1.09 bits per heavy atom. The molecule has 2 aromatic rings. The smallest absolute Gasteiger partial charge is 0.372 e. The molecule has 35 heavy (non-hydrogen) atoms. The molecule has 7 nitrogen and oxygen atoms in total. The van der Waals surface area contributed by atoms with Crippen molar-refractivity contribution in [3.8, 4) is 0 Å². The molecular formula is C20H22F6N2O5S2. The highest BCUT2D eigenvalue weighted by molar-refractivity contribution is 7.92. The molecule has 0 radical (unpaired) electrons. The highest BCUT2D eigenvalue weighted by Crippen LogP contribution is 2.43. The average molecular weight is 549 g/mol. The second-order valence-corrected chi connectivity index (χ2v) is 13.3. The van der Waals surface area contributed by atoms with E-state index in [-0.39, 0.29) is 25.1 Å². The quantitative estimate of drug-likeness (QED) is 0.506. The van der Waals surface area contributed by atoms with E-state index in [4.69, 9.17) is 4.74 Å². The molecule has 0 aliphatic carbocycles. The lowest BCUT2D eigenvalue weighted by Crippen LogP contribution is -2.42. The highest BCUT2D eigenvalue weighted by atomic mass is 32.2. The Kier molecular flexibility index (Phi) is 7.11. The molecule has 0 spiro atoms. The summed E-state index contributed by atoms with van der Waals surface area (Å²) in [6, 6.07) is 3.90. The van der Waals surface area contributed by atoms with Crippen LogP contribution in [0.4, 0.5) is 26.3 Å². The summed E-state index contributed by atoms with van der Waals surface area (Å²) < 4.78 is 134. The van der Waals surface area contributed by atoms with Gasteiger partial charge in [-0.1, -0.05) is 6.07 Å². The lowest BCUT2D eigenvalue weighted by atomic mass is 9.94. The van der Waals surface area contributed by atoms with Gasteiger partial charge in [0.2, 0.25) is 0 Å². The molecule has 1 aromatic carbocycles. The first kappa shape index (κ1) is 27.5. The van der Waals surface area contributed by atoms with Gasteiger partial charge in [-0.2, -0.15) is 31.4 Å². The number of ether oxygens (including phenoxy) is 1. The summed E-state index contributed by atoms with van der Waals surface area (Å²) >= 11 is 0. The van der Waals surface area contributed by atoms with Crippen LogP contribution in [-0.4, -0.2) is 50.0 Å². The van der Waals surface area contributed by atoms with E-state index in [0.29, 0.717) is 12.1 Å². The fraction of sp³-hybridized carbons (Fsp3) is 0.550.